The lowest BCUT2D eigenvalue weighted by atomic mass is 9.81. The Morgan fingerprint density at radius 3 is 2.80 bits per heavy atom. The van der Waals surface area contributed by atoms with Crippen LogP contribution in [0, 0.1) is 5.92 Å². The van der Waals surface area contributed by atoms with Crippen LogP contribution < -0.4 is 14.8 Å². The molecule has 1 amide bonds. The molecule has 1 N–H and O–H groups in total. The molecule has 2 aliphatic rings. The largest absolute Gasteiger partial charge is 0.468 e. The van der Waals surface area contributed by atoms with E-state index in [1.54, 1.807) is 6.07 Å². The van der Waals surface area contributed by atoms with Gasteiger partial charge in [-0.1, -0.05) is 24.3 Å². The number of ether oxygens (including phenoxy) is 3. The lowest BCUT2D eigenvalue weighted by Crippen LogP contribution is -2.34. The van der Waals surface area contributed by atoms with Crippen LogP contribution in [0.2, 0.25) is 0 Å². The Morgan fingerprint density at radius 1 is 1.16 bits per heavy atom. The van der Waals surface area contributed by atoms with E-state index in [1.165, 1.54) is 7.11 Å². The van der Waals surface area contributed by atoms with E-state index >= 15 is 0 Å². The molecule has 6 nitrogen and oxygen atoms in total. The molecule has 0 bridgehead atoms. The number of carbonyl (C=O) groups is 2. The number of esters is 1. The number of hydrogen-bond acceptors (Lipinski definition) is 5. The van der Waals surface area contributed by atoms with Crippen molar-refractivity contribution in [3.8, 4) is 11.5 Å². The molecule has 2 aliphatic heterocycles. The fourth-order valence-corrected chi connectivity index (χ4v) is 3.42. The summed E-state index contributed by atoms with van der Waals surface area (Å²) < 4.78 is 15.7. The number of fused-ring (bicyclic) bond motifs is 2. The van der Waals surface area contributed by atoms with E-state index in [0.29, 0.717) is 17.9 Å². The summed E-state index contributed by atoms with van der Waals surface area (Å²) in [6.07, 6.45) is 0.536. The van der Waals surface area contributed by atoms with Gasteiger partial charge in [-0.05, 0) is 35.7 Å². The Hall–Kier alpha value is -3.02. The van der Waals surface area contributed by atoms with Gasteiger partial charge < -0.3 is 19.5 Å². The van der Waals surface area contributed by atoms with Crippen LogP contribution in [0.15, 0.2) is 42.5 Å². The molecule has 0 aliphatic carbocycles. The minimum absolute atomic E-state index is 0.174. The number of benzene rings is 2. The second-order valence-electron chi connectivity index (χ2n) is 6.07. The third-order valence-electron chi connectivity index (χ3n) is 4.68. The van der Waals surface area contributed by atoms with Crippen LogP contribution >= 0.6 is 0 Å². The highest BCUT2D eigenvalue weighted by molar-refractivity contribution is 6.06. The first-order valence-electron chi connectivity index (χ1n) is 8.03. The molecule has 2 aromatic rings. The summed E-state index contributed by atoms with van der Waals surface area (Å²) >= 11 is 0. The van der Waals surface area contributed by atoms with Crippen LogP contribution in [0.25, 0.3) is 0 Å². The van der Waals surface area contributed by atoms with Gasteiger partial charge >= 0.3 is 5.97 Å². The van der Waals surface area contributed by atoms with Gasteiger partial charge in [-0.25, -0.2) is 0 Å². The molecule has 6 heteroatoms. The van der Waals surface area contributed by atoms with Gasteiger partial charge in [-0.3, -0.25) is 9.59 Å². The van der Waals surface area contributed by atoms with Crippen molar-refractivity contribution in [3.05, 3.63) is 53.6 Å². The molecule has 2 atom stereocenters. The first-order valence-corrected chi connectivity index (χ1v) is 8.03. The minimum Gasteiger partial charge on any atom is -0.468 e. The van der Waals surface area contributed by atoms with E-state index in [4.69, 9.17) is 14.2 Å². The number of carbonyl (C=O) groups excluding carboxylic acids is 2. The number of anilines is 1. The third-order valence-corrected chi connectivity index (χ3v) is 4.68. The zero-order valence-corrected chi connectivity index (χ0v) is 13.7. The molecule has 2 heterocycles. The predicted molar refractivity (Wildman–Crippen MR) is 89.6 cm³/mol. The van der Waals surface area contributed by atoms with Crippen LogP contribution in [0.3, 0.4) is 0 Å². The van der Waals surface area contributed by atoms with Crippen LogP contribution in [-0.4, -0.2) is 25.8 Å². The third kappa shape index (κ3) is 2.69. The Morgan fingerprint density at radius 2 is 1.96 bits per heavy atom. The minimum atomic E-state index is -0.933. The maximum atomic E-state index is 12.7. The second-order valence-corrected chi connectivity index (χ2v) is 6.07. The predicted octanol–water partition coefficient (Wildman–Crippen LogP) is 2.48. The van der Waals surface area contributed by atoms with Crippen molar-refractivity contribution in [1.29, 1.82) is 0 Å². The highest BCUT2D eigenvalue weighted by Gasteiger charge is 2.40. The van der Waals surface area contributed by atoms with Crippen molar-refractivity contribution in [1.82, 2.24) is 0 Å². The topological polar surface area (TPSA) is 73.9 Å². The summed E-state index contributed by atoms with van der Waals surface area (Å²) in [7, 11) is 1.30. The Balaban J connectivity index is 1.80. The van der Waals surface area contributed by atoms with Gasteiger partial charge in [0.2, 0.25) is 12.7 Å². The Bertz CT molecular complexity index is 847. The number of nitrogens with one attached hydrogen (secondary N) is 1. The Kier molecular flexibility index (Phi) is 3.80. The molecule has 2 aromatic carbocycles. The van der Waals surface area contributed by atoms with Gasteiger partial charge in [0.05, 0.1) is 7.11 Å². The lowest BCUT2D eigenvalue weighted by molar-refractivity contribution is -0.149. The van der Waals surface area contributed by atoms with Gasteiger partial charge in [-0.2, -0.15) is 0 Å². The molecule has 0 saturated heterocycles. The summed E-state index contributed by atoms with van der Waals surface area (Å²) in [6, 6.07) is 13.1. The molecule has 0 saturated carbocycles. The quantitative estimate of drug-likeness (QED) is 0.672. The van der Waals surface area contributed by atoms with Gasteiger partial charge in [0.15, 0.2) is 11.5 Å². The zero-order chi connectivity index (χ0) is 17.4. The highest BCUT2D eigenvalue weighted by Crippen LogP contribution is 2.40. The number of rotatable bonds is 2. The molecule has 0 spiro atoms. The fourth-order valence-electron chi connectivity index (χ4n) is 3.42. The van der Waals surface area contributed by atoms with Crippen molar-refractivity contribution < 1.29 is 23.8 Å². The number of hydrogen-bond donors (Lipinski definition) is 1. The van der Waals surface area contributed by atoms with Crippen molar-refractivity contribution >= 4 is 17.6 Å². The molecule has 4 rings (SSSR count). The number of methoxy groups -OCH3 is 1. The van der Waals surface area contributed by atoms with E-state index in [1.807, 2.05) is 36.4 Å². The monoisotopic (exact) mass is 339 g/mol. The lowest BCUT2D eigenvalue weighted by Gasteiger charge is -2.22. The Labute approximate surface area is 144 Å². The fraction of sp³-hybridized carbons (Fsp3) is 0.263. The molecule has 128 valence electrons. The van der Waals surface area contributed by atoms with E-state index in [2.05, 4.69) is 5.32 Å². The summed E-state index contributed by atoms with van der Waals surface area (Å²) in [6.45, 7) is 0.174. The van der Waals surface area contributed by atoms with Gasteiger partial charge in [0.25, 0.3) is 0 Å². The zero-order valence-electron chi connectivity index (χ0n) is 13.7. The molecule has 25 heavy (non-hydrogen) atoms. The van der Waals surface area contributed by atoms with Gasteiger partial charge in [-0.15, -0.1) is 0 Å². The maximum absolute atomic E-state index is 12.7. The van der Waals surface area contributed by atoms with Crippen LogP contribution in [-0.2, 0) is 20.7 Å². The standard InChI is InChI=1S/C19H17NO5/c1-23-19(22)17-13(11-6-7-15-16(9-11)25-10-24-15)8-12-4-2-3-5-14(12)20-18(17)21/h2-7,9,13,17H,8,10H2,1H3,(H,20,21)/t13-,17-/m0/s1. The molecule has 0 unspecified atom stereocenters. The van der Waals surface area contributed by atoms with Crippen LogP contribution in [0.4, 0.5) is 5.69 Å². The van der Waals surface area contributed by atoms with E-state index in [0.717, 1.165) is 16.8 Å². The van der Waals surface area contributed by atoms with Gasteiger partial charge in [0, 0.05) is 11.6 Å². The highest BCUT2D eigenvalue weighted by atomic mass is 16.7. The maximum Gasteiger partial charge on any atom is 0.318 e. The van der Waals surface area contributed by atoms with Crippen molar-refractivity contribution in [2.24, 2.45) is 5.92 Å². The van der Waals surface area contributed by atoms with E-state index < -0.39 is 11.9 Å². The smallest absolute Gasteiger partial charge is 0.318 e. The van der Waals surface area contributed by atoms with Crippen molar-refractivity contribution in [3.63, 3.8) is 0 Å². The van der Waals surface area contributed by atoms with Crippen LogP contribution in [0.5, 0.6) is 11.5 Å². The molecule has 0 fully saturated rings. The molecule has 0 aromatic heterocycles. The number of amides is 1. The molecular formula is C19H17NO5. The average Bonchev–Trinajstić information content (AvgIpc) is 3.04. The molecule has 0 radical (unpaired) electrons. The first kappa shape index (κ1) is 15.5. The summed E-state index contributed by atoms with van der Waals surface area (Å²) in [5, 5.41) is 2.84. The summed E-state index contributed by atoms with van der Waals surface area (Å²) in [5.74, 6) is -0.910. The SMILES string of the molecule is COC(=O)[C@@H]1C(=O)Nc2ccccc2C[C@H]1c1ccc2c(c1)OCO2. The summed E-state index contributed by atoms with van der Waals surface area (Å²) in [5.41, 5.74) is 2.54. The van der Waals surface area contributed by atoms with E-state index in [9.17, 15) is 9.59 Å². The molecular weight excluding hydrogens is 322 g/mol. The second kappa shape index (κ2) is 6.12. The average molecular weight is 339 g/mol. The van der Waals surface area contributed by atoms with E-state index in [-0.39, 0.29) is 18.6 Å². The first-order chi connectivity index (χ1) is 12.2. The van der Waals surface area contributed by atoms with Crippen molar-refractivity contribution in [2.75, 3.05) is 19.2 Å². The van der Waals surface area contributed by atoms with Gasteiger partial charge in [0.1, 0.15) is 5.92 Å². The van der Waals surface area contributed by atoms with Crippen LogP contribution in [0.1, 0.15) is 17.0 Å². The normalized spacial score (nSPS) is 21.1. The number of para-hydroxylation sites is 1. The summed E-state index contributed by atoms with van der Waals surface area (Å²) in [4.78, 5) is 25.1. The van der Waals surface area contributed by atoms with Crippen molar-refractivity contribution in [2.45, 2.75) is 12.3 Å².